The van der Waals surface area contributed by atoms with E-state index in [1.54, 1.807) is 30.3 Å². The van der Waals surface area contributed by atoms with E-state index in [0.29, 0.717) is 28.4 Å². The molecule has 3 aromatic rings. The fourth-order valence-electron chi connectivity index (χ4n) is 2.47. The number of pyridine rings is 1. The van der Waals surface area contributed by atoms with Gasteiger partial charge in [0, 0.05) is 23.6 Å². The summed E-state index contributed by atoms with van der Waals surface area (Å²) in [5, 5.41) is 5.67. The van der Waals surface area contributed by atoms with Crippen LogP contribution in [0.3, 0.4) is 0 Å². The van der Waals surface area contributed by atoms with Crippen molar-refractivity contribution in [3.8, 4) is 5.75 Å². The van der Waals surface area contributed by atoms with Crippen LogP contribution in [0.15, 0.2) is 60.9 Å². The van der Waals surface area contributed by atoms with Crippen molar-refractivity contribution in [2.75, 3.05) is 10.6 Å². The predicted molar refractivity (Wildman–Crippen MR) is 104 cm³/mol. The molecule has 2 N–H and O–H groups in total. The molecule has 1 aromatic heterocycles. The molecule has 0 aliphatic rings. The van der Waals surface area contributed by atoms with Crippen molar-refractivity contribution < 1.29 is 18.3 Å². The van der Waals surface area contributed by atoms with Gasteiger partial charge in [0.25, 0.3) is 5.91 Å². The lowest BCUT2D eigenvalue weighted by atomic mass is 10.2. The summed E-state index contributed by atoms with van der Waals surface area (Å²) in [5.41, 5.74) is 1.74. The third-order valence-corrected chi connectivity index (χ3v) is 3.69. The van der Waals surface area contributed by atoms with Gasteiger partial charge in [-0.05, 0) is 56.3 Å². The summed E-state index contributed by atoms with van der Waals surface area (Å²) in [5.74, 6) is -1.52. The SMILES string of the molecule is CC(C)Oc1ccc(NC(=O)c2cncc(Nc3ccc(F)c(F)c3)c2)cc1. The van der Waals surface area contributed by atoms with Gasteiger partial charge in [0.2, 0.25) is 0 Å². The van der Waals surface area contributed by atoms with Gasteiger partial charge in [-0.1, -0.05) is 0 Å². The minimum absolute atomic E-state index is 0.0661. The molecule has 0 aliphatic heterocycles. The number of hydrogen-bond donors (Lipinski definition) is 2. The van der Waals surface area contributed by atoms with E-state index in [0.717, 1.165) is 12.1 Å². The maximum Gasteiger partial charge on any atom is 0.257 e. The van der Waals surface area contributed by atoms with E-state index in [9.17, 15) is 13.6 Å². The Balaban J connectivity index is 1.68. The van der Waals surface area contributed by atoms with Crippen molar-refractivity contribution in [3.63, 3.8) is 0 Å². The van der Waals surface area contributed by atoms with Crippen LogP contribution in [0.2, 0.25) is 0 Å². The molecule has 0 atom stereocenters. The summed E-state index contributed by atoms with van der Waals surface area (Å²) in [7, 11) is 0. The molecule has 0 spiro atoms. The van der Waals surface area contributed by atoms with Crippen LogP contribution >= 0.6 is 0 Å². The molecule has 2 aromatic carbocycles. The Bertz CT molecular complexity index is 976. The Hall–Kier alpha value is -3.48. The van der Waals surface area contributed by atoms with Crippen molar-refractivity contribution in [1.82, 2.24) is 4.98 Å². The molecule has 1 amide bonds. The summed E-state index contributed by atoms with van der Waals surface area (Å²) < 4.78 is 31.9. The Morgan fingerprint density at radius 3 is 2.32 bits per heavy atom. The molecular weight excluding hydrogens is 364 g/mol. The zero-order valence-corrected chi connectivity index (χ0v) is 15.4. The highest BCUT2D eigenvalue weighted by Crippen LogP contribution is 2.21. The van der Waals surface area contributed by atoms with E-state index in [1.807, 2.05) is 13.8 Å². The second-order valence-electron chi connectivity index (χ2n) is 6.36. The normalized spacial score (nSPS) is 10.6. The van der Waals surface area contributed by atoms with Crippen molar-refractivity contribution in [2.45, 2.75) is 20.0 Å². The number of carbonyl (C=O) groups excluding carboxylic acids is 1. The third kappa shape index (κ3) is 5.03. The smallest absolute Gasteiger partial charge is 0.257 e. The maximum atomic E-state index is 13.3. The van der Waals surface area contributed by atoms with Gasteiger partial charge >= 0.3 is 0 Å². The Morgan fingerprint density at radius 1 is 0.929 bits per heavy atom. The van der Waals surface area contributed by atoms with E-state index in [2.05, 4.69) is 15.6 Å². The van der Waals surface area contributed by atoms with Gasteiger partial charge in [0.05, 0.1) is 23.6 Å². The van der Waals surface area contributed by atoms with Crippen LogP contribution in [0.5, 0.6) is 5.75 Å². The number of benzene rings is 2. The first-order valence-corrected chi connectivity index (χ1v) is 8.66. The summed E-state index contributed by atoms with van der Waals surface area (Å²) in [4.78, 5) is 16.5. The highest BCUT2D eigenvalue weighted by molar-refractivity contribution is 6.04. The molecule has 0 bridgehead atoms. The minimum Gasteiger partial charge on any atom is -0.491 e. The number of amides is 1. The zero-order valence-electron chi connectivity index (χ0n) is 15.4. The van der Waals surface area contributed by atoms with Crippen molar-refractivity contribution >= 4 is 23.0 Å². The van der Waals surface area contributed by atoms with E-state index < -0.39 is 11.6 Å². The van der Waals surface area contributed by atoms with Crippen LogP contribution in [0.25, 0.3) is 0 Å². The topological polar surface area (TPSA) is 63.2 Å². The number of nitrogens with zero attached hydrogens (tertiary/aromatic N) is 1. The molecule has 28 heavy (non-hydrogen) atoms. The van der Waals surface area contributed by atoms with Crippen LogP contribution < -0.4 is 15.4 Å². The molecule has 0 fully saturated rings. The minimum atomic E-state index is -0.961. The molecule has 7 heteroatoms. The van der Waals surface area contributed by atoms with Gasteiger partial charge in [0.15, 0.2) is 11.6 Å². The van der Waals surface area contributed by atoms with Crippen LogP contribution in [0, 0.1) is 11.6 Å². The number of anilines is 3. The Labute approximate surface area is 161 Å². The Kier molecular flexibility index (Phi) is 5.84. The molecule has 0 unspecified atom stereocenters. The number of ether oxygens (including phenoxy) is 1. The molecule has 5 nitrogen and oxygen atoms in total. The average molecular weight is 383 g/mol. The predicted octanol–water partition coefficient (Wildman–Crippen LogP) is 5.14. The number of halogens is 2. The van der Waals surface area contributed by atoms with Crippen molar-refractivity contribution in [1.29, 1.82) is 0 Å². The van der Waals surface area contributed by atoms with Gasteiger partial charge < -0.3 is 15.4 Å². The van der Waals surface area contributed by atoms with Crippen molar-refractivity contribution in [3.05, 3.63) is 78.1 Å². The molecule has 0 radical (unpaired) electrons. The molecule has 0 saturated carbocycles. The fraction of sp³-hybridized carbons (Fsp3) is 0.143. The summed E-state index contributed by atoms with van der Waals surface area (Å²) in [6.07, 6.45) is 2.97. The van der Waals surface area contributed by atoms with Gasteiger partial charge in [-0.2, -0.15) is 0 Å². The number of aromatic nitrogens is 1. The average Bonchev–Trinajstić information content (AvgIpc) is 2.66. The molecule has 3 rings (SSSR count). The summed E-state index contributed by atoms with van der Waals surface area (Å²) in [6, 6.07) is 12.0. The summed E-state index contributed by atoms with van der Waals surface area (Å²) in [6.45, 7) is 3.87. The van der Waals surface area contributed by atoms with Crippen LogP contribution in [0.4, 0.5) is 25.8 Å². The van der Waals surface area contributed by atoms with E-state index in [-0.39, 0.29) is 12.0 Å². The maximum absolute atomic E-state index is 13.3. The first kappa shape index (κ1) is 19.3. The van der Waals surface area contributed by atoms with Gasteiger partial charge in [-0.15, -0.1) is 0 Å². The molecule has 144 valence electrons. The first-order valence-electron chi connectivity index (χ1n) is 8.66. The standard InChI is InChI=1S/C21H19F2N3O2/c1-13(2)28-18-6-3-15(4-7-18)26-21(27)14-9-17(12-24-11-14)25-16-5-8-19(22)20(23)10-16/h3-13,25H,1-2H3,(H,26,27). The van der Waals surface area contributed by atoms with E-state index >= 15 is 0 Å². The van der Waals surface area contributed by atoms with Crippen LogP contribution in [0.1, 0.15) is 24.2 Å². The lowest BCUT2D eigenvalue weighted by Gasteiger charge is -2.11. The first-order chi connectivity index (χ1) is 13.4. The highest BCUT2D eigenvalue weighted by Gasteiger charge is 2.09. The third-order valence-electron chi connectivity index (χ3n) is 3.69. The molecule has 0 aliphatic carbocycles. The van der Waals surface area contributed by atoms with Gasteiger partial charge in [-0.3, -0.25) is 9.78 Å². The second kappa shape index (κ2) is 8.47. The lowest BCUT2D eigenvalue weighted by Crippen LogP contribution is -2.12. The zero-order chi connectivity index (χ0) is 20.1. The molecule has 0 saturated heterocycles. The second-order valence-corrected chi connectivity index (χ2v) is 6.36. The van der Waals surface area contributed by atoms with Crippen LogP contribution in [-0.4, -0.2) is 17.0 Å². The lowest BCUT2D eigenvalue weighted by molar-refractivity contribution is 0.102. The Morgan fingerprint density at radius 2 is 1.64 bits per heavy atom. The number of hydrogen-bond acceptors (Lipinski definition) is 4. The molecule has 1 heterocycles. The fourth-order valence-corrected chi connectivity index (χ4v) is 2.47. The number of rotatable bonds is 6. The van der Waals surface area contributed by atoms with E-state index in [1.165, 1.54) is 18.5 Å². The molecular formula is C21H19F2N3O2. The van der Waals surface area contributed by atoms with Gasteiger partial charge in [0.1, 0.15) is 5.75 Å². The van der Waals surface area contributed by atoms with Crippen molar-refractivity contribution in [2.24, 2.45) is 0 Å². The summed E-state index contributed by atoms with van der Waals surface area (Å²) >= 11 is 0. The largest absolute Gasteiger partial charge is 0.491 e. The highest BCUT2D eigenvalue weighted by atomic mass is 19.2. The van der Waals surface area contributed by atoms with Crippen LogP contribution in [-0.2, 0) is 0 Å². The van der Waals surface area contributed by atoms with E-state index in [4.69, 9.17) is 4.74 Å². The quantitative estimate of drug-likeness (QED) is 0.618. The van der Waals surface area contributed by atoms with Gasteiger partial charge in [-0.25, -0.2) is 8.78 Å². The number of nitrogens with one attached hydrogen (secondary N) is 2. The number of carbonyl (C=O) groups is 1. The monoisotopic (exact) mass is 383 g/mol.